The number of aromatic nitrogens is 3. The third kappa shape index (κ3) is 2.52. The molecule has 1 aliphatic rings. The van der Waals surface area contributed by atoms with Crippen molar-refractivity contribution < 1.29 is 4.42 Å². The summed E-state index contributed by atoms with van der Waals surface area (Å²) in [6.07, 6.45) is 7.20. The van der Waals surface area contributed by atoms with Crippen molar-refractivity contribution in [2.45, 2.75) is 45.4 Å². The molecule has 3 aromatic carbocycles. The summed E-state index contributed by atoms with van der Waals surface area (Å²) < 4.78 is 6.14. The molecule has 6 aromatic rings. The van der Waals surface area contributed by atoms with Crippen molar-refractivity contribution in [2.75, 3.05) is 0 Å². The number of hydrogen-bond acceptors (Lipinski definition) is 3. The Morgan fingerprint density at radius 2 is 1.88 bits per heavy atom. The van der Waals surface area contributed by atoms with Crippen LogP contribution in [0.1, 0.15) is 43.4 Å². The van der Waals surface area contributed by atoms with E-state index in [1.54, 1.807) is 0 Å². The van der Waals surface area contributed by atoms with Crippen molar-refractivity contribution in [3.05, 3.63) is 71.6 Å². The molecule has 0 fully saturated rings. The molecule has 3 heterocycles. The number of nitrogens with one attached hydrogen (secondary N) is 1. The molecule has 1 aliphatic carbocycles. The lowest BCUT2D eigenvalue weighted by molar-refractivity contribution is 0.433. The van der Waals surface area contributed by atoms with Crippen LogP contribution in [0.4, 0.5) is 0 Å². The fourth-order valence-corrected chi connectivity index (χ4v) is 5.95. The highest BCUT2D eigenvalue weighted by atomic mass is 16.3. The minimum atomic E-state index is 0.167. The first-order chi connectivity index (χ1) is 16.0. The summed E-state index contributed by atoms with van der Waals surface area (Å²) in [4.78, 5) is 13.6. The summed E-state index contributed by atoms with van der Waals surface area (Å²) in [5, 5.41) is 4.65. The van der Waals surface area contributed by atoms with Gasteiger partial charge in [-0.05, 0) is 60.4 Å². The van der Waals surface area contributed by atoms with Gasteiger partial charge in [0.2, 0.25) is 0 Å². The number of aryl methyl sites for hydroxylation is 2. The summed E-state index contributed by atoms with van der Waals surface area (Å²) in [5.41, 5.74) is 9.21. The molecule has 0 unspecified atom stereocenters. The topological polar surface area (TPSA) is 54.7 Å². The van der Waals surface area contributed by atoms with Crippen LogP contribution in [0.2, 0.25) is 0 Å². The number of aromatic amines is 1. The van der Waals surface area contributed by atoms with Crippen molar-refractivity contribution in [3.8, 4) is 11.4 Å². The molecule has 1 N–H and O–H groups in total. The van der Waals surface area contributed by atoms with E-state index in [0.29, 0.717) is 0 Å². The molecule has 0 amide bonds. The zero-order chi connectivity index (χ0) is 22.3. The molecule has 162 valence electrons. The predicted molar refractivity (Wildman–Crippen MR) is 135 cm³/mol. The second kappa shape index (κ2) is 6.44. The van der Waals surface area contributed by atoms with E-state index < -0.39 is 0 Å². The van der Waals surface area contributed by atoms with Crippen molar-refractivity contribution in [3.63, 3.8) is 0 Å². The van der Waals surface area contributed by atoms with Gasteiger partial charge in [-0.2, -0.15) is 0 Å². The number of benzene rings is 3. The number of fused-ring (bicyclic) bond motifs is 9. The van der Waals surface area contributed by atoms with Gasteiger partial charge in [-0.3, -0.25) is 4.98 Å². The van der Waals surface area contributed by atoms with Gasteiger partial charge >= 0.3 is 0 Å². The maximum Gasteiger partial charge on any atom is 0.144 e. The van der Waals surface area contributed by atoms with Gasteiger partial charge in [0.05, 0.1) is 22.8 Å². The van der Waals surface area contributed by atoms with E-state index in [1.165, 1.54) is 29.4 Å². The Hall–Kier alpha value is -3.66. The lowest BCUT2D eigenvalue weighted by Gasteiger charge is -2.33. The molecule has 0 saturated carbocycles. The van der Waals surface area contributed by atoms with Crippen LogP contribution in [0.3, 0.4) is 0 Å². The fourth-order valence-electron chi connectivity index (χ4n) is 5.95. The zero-order valence-electron chi connectivity index (χ0n) is 19.1. The largest absolute Gasteiger partial charge is 0.463 e. The number of pyridine rings is 1. The van der Waals surface area contributed by atoms with Gasteiger partial charge in [0.25, 0.3) is 0 Å². The third-order valence-electron chi connectivity index (χ3n) is 7.57. The summed E-state index contributed by atoms with van der Waals surface area (Å²) in [6.45, 7) is 6.83. The highest BCUT2D eigenvalue weighted by Gasteiger charge is 2.30. The summed E-state index contributed by atoms with van der Waals surface area (Å²) in [6, 6.07) is 14.9. The number of para-hydroxylation sites is 1. The van der Waals surface area contributed by atoms with Gasteiger partial charge in [0, 0.05) is 33.3 Å². The van der Waals surface area contributed by atoms with Crippen LogP contribution in [0, 0.1) is 6.92 Å². The molecule has 3 aromatic heterocycles. The van der Waals surface area contributed by atoms with Gasteiger partial charge in [-0.25, -0.2) is 4.98 Å². The average Bonchev–Trinajstić information content (AvgIpc) is 3.42. The van der Waals surface area contributed by atoms with Crippen LogP contribution < -0.4 is 0 Å². The smallest absolute Gasteiger partial charge is 0.144 e. The first-order valence-electron chi connectivity index (χ1n) is 11.7. The zero-order valence-corrected chi connectivity index (χ0v) is 19.1. The van der Waals surface area contributed by atoms with Crippen LogP contribution in [0.25, 0.3) is 55.1 Å². The highest BCUT2D eigenvalue weighted by molar-refractivity contribution is 6.24. The second-order valence-electron chi connectivity index (χ2n) is 10.1. The standard InChI is InChI=1S/C29H25N3O/c1-16-15-33-27-19-11-12-21-18(10-5-13-29(21,2)3)23(19)26-25(22(16)27)31-28(32-26)20-9-4-7-17-8-6-14-30-24(17)20/h4,6-9,11-12,14-15H,5,10,13H2,1-3H3,(H,31,32). The van der Waals surface area contributed by atoms with Gasteiger partial charge in [-0.15, -0.1) is 0 Å². The minimum absolute atomic E-state index is 0.167. The molecular weight excluding hydrogens is 406 g/mol. The van der Waals surface area contributed by atoms with Gasteiger partial charge in [0.15, 0.2) is 0 Å². The number of rotatable bonds is 1. The van der Waals surface area contributed by atoms with Crippen LogP contribution >= 0.6 is 0 Å². The quantitative estimate of drug-likeness (QED) is 0.292. The van der Waals surface area contributed by atoms with Gasteiger partial charge in [0.1, 0.15) is 11.4 Å². The summed E-state index contributed by atoms with van der Waals surface area (Å²) >= 11 is 0. The summed E-state index contributed by atoms with van der Waals surface area (Å²) in [5.74, 6) is 0.858. The van der Waals surface area contributed by atoms with Crippen LogP contribution in [-0.4, -0.2) is 15.0 Å². The average molecular weight is 432 g/mol. The van der Waals surface area contributed by atoms with E-state index in [0.717, 1.165) is 61.7 Å². The Balaban J connectivity index is 1.66. The molecule has 7 rings (SSSR count). The predicted octanol–water partition coefficient (Wildman–Crippen LogP) is 7.60. The Labute approximate surface area is 191 Å². The number of H-pyrrole nitrogens is 1. The molecule has 0 saturated heterocycles. The summed E-state index contributed by atoms with van der Waals surface area (Å²) in [7, 11) is 0. The van der Waals surface area contributed by atoms with Crippen molar-refractivity contribution in [1.82, 2.24) is 15.0 Å². The van der Waals surface area contributed by atoms with E-state index in [9.17, 15) is 0 Å². The maximum atomic E-state index is 6.14. The van der Waals surface area contributed by atoms with Crippen molar-refractivity contribution >= 4 is 43.7 Å². The maximum absolute atomic E-state index is 6.14. The Morgan fingerprint density at radius 1 is 1.00 bits per heavy atom. The molecule has 4 heteroatoms. The first kappa shape index (κ1) is 18.9. The van der Waals surface area contributed by atoms with Crippen molar-refractivity contribution in [2.24, 2.45) is 0 Å². The number of imidazole rings is 1. The third-order valence-corrected chi connectivity index (χ3v) is 7.57. The molecular formula is C29H25N3O. The number of furan rings is 1. The molecule has 33 heavy (non-hydrogen) atoms. The van der Waals surface area contributed by atoms with E-state index in [1.807, 2.05) is 18.5 Å². The lowest BCUT2D eigenvalue weighted by atomic mass is 9.71. The highest BCUT2D eigenvalue weighted by Crippen LogP contribution is 2.45. The Kier molecular flexibility index (Phi) is 3.68. The normalized spacial score (nSPS) is 15.6. The van der Waals surface area contributed by atoms with Crippen LogP contribution in [0.5, 0.6) is 0 Å². The van der Waals surface area contributed by atoms with E-state index in [2.05, 4.69) is 67.1 Å². The number of nitrogens with zero attached hydrogens (tertiary/aromatic N) is 2. The molecule has 4 nitrogen and oxygen atoms in total. The SMILES string of the molecule is Cc1coc2c3ccc4c(c3c3nc(-c5cccc6cccnc56)[nH]c3c12)CCCC4(C)C. The molecule has 0 spiro atoms. The van der Waals surface area contributed by atoms with Gasteiger partial charge < -0.3 is 9.40 Å². The van der Waals surface area contributed by atoms with E-state index in [4.69, 9.17) is 9.40 Å². The minimum Gasteiger partial charge on any atom is -0.463 e. The second-order valence-corrected chi connectivity index (χ2v) is 10.1. The first-order valence-corrected chi connectivity index (χ1v) is 11.7. The molecule has 0 radical (unpaired) electrons. The molecule has 0 bridgehead atoms. The van der Waals surface area contributed by atoms with Gasteiger partial charge in [-0.1, -0.05) is 44.2 Å². The van der Waals surface area contributed by atoms with E-state index >= 15 is 0 Å². The Morgan fingerprint density at radius 3 is 2.79 bits per heavy atom. The monoisotopic (exact) mass is 431 g/mol. The Bertz CT molecular complexity index is 1730. The van der Waals surface area contributed by atoms with Crippen LogP contribution in [0.15, 0.2) is 59.3 Å². The van der Waals surface area contributed by atoms with E-state index in [-0.39, 0.29) is 5.41 Å². The lowest BCUT2D eigenvalue weighted by Crippen LogP contribution is -2.23. The fraction of sp³-hybridized carbons (Fsp3) is 0.241. The molecule has 0 atom stereocenters. The van der Waals surface area contributed by atoms with Crippen LogP contribution in [-0.2, 0) is 11.8 Å². The van der Waals surface area contributed by atoms with Crippen molar-refractivity contribution in [1.29, 1.82) is 0 Å². The molecule has 0 aliphatic heterocycles. The number of hydrogen-bond donors (Lipinski definition) is 1.